The second-order valence-corrected chi connectivity index (χ2v) is 4.31. The monoisotopic (exact) mass is 257 g/mol. The molecule has 0 aliphatic carbocycles. The van der Waals surface area contributed by atoms with Gasteiger partial charge in [0.25, 0.3) is 5.91 Å². The largest absolute Gasteiger partial charge is 0.508 e. The second-order valence-electron chi connectivity index (χ2n) is 4.31. The first-order valence-electron chi connectivity index (χ1n) is 5.91. The van der Waals surface area contributed by atoms with Crippen molar-refractivity contribution in [3.8, 4) is 5.75 Å². The zero-order valence-corrected chi connectivity index (χ0v) is 10.6. The van der Waals surface area contributed by atoms with E-state index in [0.717, 1.165) is 5.56 Å². The standard InChI is InChI=1S/C15H15NO3/c1-10-7-12(5-6-14(10)18)15(19)16-13-4-2-3-11(8-13)9-17/h2-8,17-18H,9H2,1H3,(H,16,19). The molecule has 0 aliphatic rings. The first kappa shape index (κ1) is 13.1. The van der Waals surface area contributed by atoms with Crippen LogP contribution in [0, 0.1) is 6.92 Å². The molecule has 0 saturated heterocycles. The topological polar surface area (TPSA) is 69.6 Å². The van der Waals surface area contributed by atoms with Crippen LogP contribution >= 0.6 is 0 Å². The molecule has 0 saturated carbocycles. The van der Waals surface area contributed by atoms with E-state index in [2.05, 4.69) is 5.32 Å². The normalized spacial score (nSPS) is 10.2. The maximum Gasteiger partial charge on any atom is 0.255 e. The summed E-state index contributed by atoms with van der Waals surface area (Å²) in [6, 6.07) is 11.7. The number of aliphatic hydroxyl groups is 1. The van der Waals surface area contributed by atoms with Gasteiger partial charge in [-0.2, -0.15) is 0 Å². The third-order valence-corrected chi connectivity index (χ3v) is 2.83. The van der Waals surface area contributed by atoms with Crippen molar-refractivity contribution in [1.29, 1.82) is 0 Å². The van der Waals surface area contributed by atoms with Gasteiger partial charge in [-0.1, -0.05) is 12.1 Å². The predicted molar refractivity (Wildman–Crippen MR) is 73.2 cm³/mol. The highest BCUT2D eigenvalue weighted by atomic mass is 16.3. The van der Waals surface area contributed by atoms with Crippen molar-refractivity contribution < 1.29 is 15.0 Å². The lowest BCUT2D eigenvalue weighted by Crippen LogP contribution is -2.12. The quantitative estimate of drug-likeness (QED) is 0.791. The minimum absolute atomic E-state index is 0.0674. The van der Waals surface area contributed by atoms with Crippen molar-refractivity contribution in [3.05, 3.63) is 59.2 Å². The molecule has 3 N–H and O–H groups in total. The molecule has 2 rings (SSSR count). The molecule has 0 unspecified atom stereocenters. The van der Waals surface area contributed by atoms with E-state index in [4.69, 9.17) is 5.11 Å². The van der Waals surface area contributed by atoms with Gasteiger partial charge in [-0.3, -0.25) is 4.79 Å². The number of aromatic hydroxyl groups is 1. The number of carbonyl (C=O) groups is 1. The van der Waals surface area contributed by atoms with Crippen molar-refractivity contribution >= 4 is 11.6 Å². The summed E-state index contributed by atoms with van der Waals surface area (Å²) in [7, 11) is 0. The zero-order chi connectivity index (χ0) is 13.8. The fourth-order valence-corrected chi connectivity index (χ4v) is 1.75. The first-order valence-corrected chi connectivity index (χ1v) is 5.91. The van der Waals surface area contributed by atoms with Crippen LogP contribution in [0.2, 0.25) is 0 Å². The van der Waals surface area contributed by atoms with Crippen molar-refractivity contribution in [2.75, 3.05) is 5.32 Å². The molecule has 2 aromatic rings. The average molecular weight is 257 g/mol. The molecular formula is C15H15NO3. The predicted octanol–water partition coefficient (Wildman–Crippen LogP) is 2.45. The van der Waals surface area contributed by atoms with E-state index < -0.39 is 0 Å². The van der Waals surface area contributed by atoms with Crippen LogP contribution in [0.4, 0.5) is 5.69 Å². The Morgan fingerprint density at radius 1 is 1.21 bits per heavy atom. The Balaban J connectivity index is 2.18. The summed E-state index contributed by atoms with van der Waals surface area (Å²) in [5.74, 6) is -0.0861. The maximum absolute atomic E-state index is 12.0. The van der Waals surface area contributed by atoms with E-state index in [1.54, 1.807) is 43.3 Å². The summed E-state index contributed by atoms with van der Waals surface area (Å²) < 4.78 is 0. The molecule has 0 aromatic heterocycles. The molecule has 19 heavy (non-hydrogen) atoms. The summed E-state index contributed by atoms with van der Waals surface area (Å²) in [6.07, 6.45) is 0. The van der Waals surface area contributed by atoms with Crippen LogP contribution in [-0.2, 0) is 6.61 Å². The Morgan fingerprint density at radius 3 is 2.68 bits per heavy atom. The molecular weight excluding hydrogens is 242 g/mol. The minimum Gasteiger partial charge on any atom is -0.508 e. The highest BCUT2D eigenvalue weighted by Crippen LogP contribution is 2.18. The number of phenolic OH excluding ortho intramolecular Hbond substituents is 1. The fourth-order valence-electron chi connectivity index (χ4n) is 1.75. The van der Waals surface area contributed by atoms with Crippen LogP contribution in [0.5, 0.6) is 5.75 Å². The van der Waals surface area contributed by atoms with Gasteiger partial charge < -0.3 is 15.5 Å². The number of carbonyl (C=O) groups excluding carboxylic acids is 1. The number of anilines is 1. The van der Waals surface area contributed by atoms with Crippen LogP contribution in [0.1, 0.15) is 21.5 Å². The van der Waals surface area contributed by atoms with E-state index in [1.807, 2.05) is 0 Å². The molecule has 0 heterocycles. The Bertz CT molecular complexity index is 608. The highest BCUT2D eigenvalue weighted by molar-refractivity contribution is 6.04. The van der Waals surface area contributed by atoms with Crippen molar-refractivity contribution in [1.82, 2.24) is 0 Å². The average Bonchev–Trinajstić information content (AvgIpc) is 2.42. The smallest absolute Gasteiger partial charge is 0.255 e. The summed E-state index contributed by atoms with van der Waals surface area (Å²) in [4.78, 5) is 12.0. The molecule has 0 atom stereocenters. The van der Waals surface area contributed by atoms with Crippen LogP contribution in [-0.4, -0.2) is 16.1 Å². The number of benzene rings is 2. The third-order valence-electron chi connectivity index (χ3n) is 2.83. The lowest BCUT2D eigenvalue weighted by atomic mass is 10.1. The number of aryl methyl sites for hydroxylation is 1. The number of aliphatic hydroxyl groups excluding tert-OH is 1. The molecule has 4 nitrogen and oxygen atoms in total. The SMILES string of the molecule is Cc1cc(C(=O)Nc2cccc(CO)c2)ccc1O. The summed E-state index contributed by atoms with van der Waals surface area (Å²) >= 11 is 0. The number of amides is 1. The van der Waals surface area contributed by atoms with Gasteiger partial charge in [0.2, 0.25) is 0 Å². The maximum atomic E-state index is 12.0. The summed E-state index contributed by atoms with van der Waals surface area (Å²) in [5.41, 5.74) is 2.49. The van der Waals surface area contributed by atoms with Gasteiger partial charge in [-0.15, -0.1) is 0 Å². The van der Waals surface area contributed by atoms with Crippen molar-refractivity contribution in [2.45, 2.75) is 13.5 Å². The molecule has 0 radical (unpaired) electrons. The molecule has 98 valence electrons. The van der Waals surface area contributed by atoms with Gasteiger partial charge >= 0.3 is 0 Å². The number of hydrogen-bond acceptors (Lipinski definition) is 3. The Labute approximate surface area is 111 Å². The van der Waals surface area contributed by atoms with Crippen LogP contribution < -0.4 is 5.32 Å². The van der Waals surface area contributed by atoms with Gasteiger partial charge in [0.1, 0.15) is 5.75 Å². The van der Waals surface area contributed by atoms with E-state index in [1.165, 1.54) is 6.07 Å². The molecule has 1 amide bonds. The van der Waals surface area contributed by atoms with E-state index in [-0.39, 0.29) is 18.3 Å². The second kappa shape index (κ2) is 5.54. The van der Waals surface area contributed by atoms with E-state index in [9.17, 15) is 9.90 Å². The van der Waals surface area contributed by atoms with Gasteiger partial charge in [0, 0.05) is 11.3 Å². The zero-order valence-electron chi connectivity index (χ0n) is 10.6. The Kier molecular flexibility index (Phi) is 3.82. The molecule has 0 aliphatic heterocycles. The summed E-state index contributed by atoms with van der Waals surface area (Å²) in [6.45, 7) is 1.67. The number of rotatable bonds is 3. The summed E-state index contributed by atoms with van der Waals surface area (Å²) in [5, 5.41) is 21.2. The van der Waals surface area contributed by atoms with Gasteiger partial charge in [-0.25, -0.2) is 0 Å². The van der Waals surface area contributed by atoms with Crippen LogP contribution in [0.25, 0.3) is 0 Å². The van der Waals surface area contributed by atoms with Gasteiger partial charge in [0.15, 0.2) is 0 Å². The molecule has 0 spiro atoms. The lowest BCUT2D eigenvalue weighted by molar-refractivity contribution is 0.102. The highest BCUT2D eigenvalue weighted by Gasteiger charge is 2.08. The Hall–Kier alpha value is -2.33. The molecule has 0 bridgehead atoms. The fraction of sp³-hybridized carbons (Fsp3) is 0.133. The number of nitrogens with one attached hydrogen (secondary N) is 1. The lowest BCUT2D eigenvalue weighted by Gasteiger charge is -2.07. The molecule has 0 fully saturated rings. The molecule has 4 heteroatoms. The van der Waals surface area contributed by atoms with Crippen molar-refractivity contribution in [3.63, 3.8) is 0 Å². The van der Waals surface area contributed by atoms with Crippen molar-refractivity contribution in [2.24, 2.45) is 0 Å². The Morgan fingerprint density at radius 2 is 2.00 bits per heavy atom. The molecule has 2 aromatic carbocycles. The van der Waals surface area contributed by atoms with Gasteiger partial charge in [-0.05, 0) is 48.4 Å². The number of hydrogen-bond donors (Lipinski definition) is 3. The van der Waals surface area contributed by atoms with Crippen LogP contribution in [0.15, 0.2) is 42.5 Å². The third kappa shape index (κ3) is 3.11. The van der Waals surface area contributed by atoms with Gasteiger partial charge in [0.05, 0.1) is 6.61 Å². The van der Waals surface area contributed by atoms with E-state index in [0.29, 0.717) is 16.8 Å². The van der Waals surface area contributed by atoms with E-state index >= 15 is 0 Å². The minimum atomic E-state index is -0.252. The first-order chi connectivity index (χ1) is 9.10. The number of phenols is 1. The van der Waals surface area contributed by atoms with Crippen LogP contribution in [0.3, 0.4) is 0 Å².